The molecule has 2 aromatic rings. The Labute approximate surface area is 139 Å². The molecule has 0 aliphatic rings. The molecule has 2 N–H and O–H groups in total. The Morgan fingerprint density at radius 2 is 2.12 bits per heavy atom. The summed E-state index contributed by atoms with van der Waals surface area (Å²) in [5.41, 5.74) is -0.183. The number of nitrogens with zero attached hydrogens (tertiary/aromatic N) is 4. The number of aromatic nitrogens is 3. The molecule has 0 aliphatic carbocycles. The SMILES string of the molecule is O=C(O)CCc1n[nH]c(=S)n(/N=C\c2ccc([N+](=O)[O-])cc2)c1=O. The highest BCUT2D eigenvalue weighted by atomic mass is 32.1. The maximum Gasteiger partial charge on any atom is 0.303 e. The highest BCUT2D eigenvalue weighted by Gasteiger charge is 2.09. The molecule has 0 bridgehead atoms. The van der Waals surface area contributed by atoms with Crippen LogP contribution in [-0.4, -0.2) is 37.1 Å². The van der Waals surface area contributed by atoms with Crippen LogP contribution < -0.4 is 5.56 Å². The van der Waals surface area contributed by atoms with Crippen LogP contribution in [0.25, 0.3) is 0 Å². The van der Waals surface area contributed by atoms with E-state index in [2.05, 4.69) is 15.3 Å². The first kappa shape index (κ1) is 17.1. The van der Waals surface area contributed by atoms with E-state index in [9.17, 15) is 19.7 Å². The molecule has 0 fully saturated rings. The summed E-state index contributed by atoms with van der Waals surface area (Å²) in [6, 6.07) is 5.53. The van der Waals surface area contributed by atoms with Gasteiger partial charge in [0, 0.05) is 18.6 Å². The van der Waals surface area contributed by atoms with Crippen LogP contribution in [0.5, 0.6) is 0 Å². The van der Waals surface area contributed by atoms with Crippen molar-refractivity contribution in [3.8, 4) is 0 Å². The third-order valence-corrected chi connectivity index (χ3v) is 3.18. The number of nitro benzene ring substituents is 1. The number of rotatable bonds is 6. The van der Waals surface area contributed by atoms with Crippen molar-refractivity contribution in [3.05, 3.63) is 60.8 Å². The van der Waals surface area contributed by atoms with Crippen LogP contribution in [0.2, 0.25) is 0 Å². The van der Waals surface area contributed by atoms with E-state index in [-0.39, 0.29) is 29.0 Å². The van der Waals surface area contributed by atoms with Crippen molar-refractivity contribution in [2.45, 2.75) is 12.8 Å². The first-order chi connectivity index (χ1) is 11.4. The van der Waals surface area contributed by atoms with Gasteiger partial charge in [0.25, 0.3) is 11.2 Å². The number of nitro groups is 1. The van der Waals surface area contributed by atoms with Gasteiger partial charge < -0.3 is 5.11 Å². The smallest absolute Gasteiger partial charge is 0.303 e. The Kier molecular flexibility index (Phi) is 5.27. The van der Waals surface area contributed by atoms with Crippen LogP contribution in [0.4, 0.5) is 5.69 Å². The molecule has 24 heavy (non-hydrogen) atoms. The average Bonchev–Trinajstić information content (AvgIpc) is 2.54. The van der Waals surface area contributed by atoms with Crippen LogP contribution in [0, 0.1) is 14.9 Å². The predicted molar refractivity (Wildman–Crippen MR) is 85.7 cm³/mol. The molecule has 0 saturated carbocycles. The zero-order valence-electron chi connectivity index (χ0n) is 12.1. The van der Waals surface area contributed by atoms with E-state index >= 15 is 0 Å². The lowest BCUT2D eigenvalue weighted by Crippen LogP contribution is -2.25. The first-order valence-electron chi connectivity index (χ1n) is 6.59. The number of carboxylic acid groups (broad SMARTS) is 1. The second-order valence-electron chi connectivity index (χ2n) is 4.58. The Morgan fingerprint density at radius 1 is 1.46 bits per heavy atom. The lowest BCUT2D eigenvalue weighted by atomic mass is 10.2. The number of aliphatic carboxylic acids is 1. The number of hydrogen-bond donors (Lipinski definition) is 2. The molecule has 0 aliphatic heterocycles. The summed E-state index contributed by atoms with van der Waals surface area (Å²) in [6.45, 7) is 0. The number of carboxylic acids is 1. The molecular weight excluding hydrogens is 338 g/mol. The molecule has 0 radical (unpaired) electrons. The van der Waals surface area contributed by atoms with Crippen LogP contribution in [0.15, 0.2) is 34.2 Å². The second kappa shape index (κ2) is 7.37. The van der Waals surface area contributed by atoms with Crippen molar-refractivity contribution >= 4 is 30.1 Å². The minimum atomic E-state index is -1.06. The molecule has 1 heterocycles. The standard InChI is InChI=1S/C13H11N5O5S/c19-11(20)6-5-10-12(21)17(13(24)16-15-10)14-7-8-1-3-9(4-2-8)18(22)23/h1-4,7H,5-6H2,(H,16,24)(H,19,20)/b14-7-. The van der Waals surface area contributed by atoms with Gasteiger partial charge in [-0.1, -0.05) is 0 Å². The van der Waals surface area contributed by atoms with Gasteiger partial charge in [-0.15, -0.1) is 0 Å². The summed E-state index contributed by atoms with van der Waals surface area (Å²) >= 11 is 4.93. The first-order valence-corrected chi connectivity index (χ1v) is 7.00. The van der Waals surface area contributed by atoms with Gasteiger partial charge in [-0.3, -0.25) is 24.8 Å². The van der Waals surface area contributed by atoms with Crippen molar-refractivity contribution in [2.75, 3.05) is 0 Å². The molecular formula is C13H11N5O5S. The molecule has 0 unspecified atom stereocenters. The summed E-state index contributed by atoms with van der Waals surface area (Å²) in [5.74, 6) is -1.06. The zero-order valence-corrected chi connectivity index (χ0v) is 12.9. The molecule has 0 saturated heterocycles. The maximum atomic E-state index is 12.2. The molecule has 0 spiro atoms. The lowest BCUT2D eigenvalue weighted by Gasteiger charge is -2.01. The van der Waals surface area contributed by atoms with Gasteiger partial charge in [0.1, 0.15) is 5.69 Å². The topological polar surface area (TPSA) is 143 Å². The minimum absolute atomic E-state index is 0.00755. The van der Waals surface area contributed by atoms with Crippen molar-refractivity contribution in [2.24, 2.45) is 5.10 Å². The van der Waals surface area contributed by atoms with Crippen molar-refractivity contribution in [3.63, 3.8) is 0 Å². The third kappa shape index (κ3) is 4.16. The summed E-state index contributed by atoms with van der Waals surface area (Å²) in [5, 5.41) is 29.3. The van der Waals surface area contributed by atoms with Crippen molar-refractivity contribution < 1.29 is 14.8 Å². The molecule has 10 nitrogen and oxygen atoms in total. The van der Waals surface area contributed by atoms with E-state index in [1.165, 1.54) is 30.5 Å². The van der Waals surface area contributed by atoms with Crippen molar-refractivity contribution in [1.82, 2.24) is 14.9 Å². The van der Waals surface area contributed by atoms with Gasteiger partial charge in [-0.05, 0) is 29.9 Å². The van der Waals surface area contributed by atoms with Gasteiger partial charge in [0.15, 0.2) is 0 Å². The van der Waals surface area contributed by atoms with E-state index < -0.39 is 16.5 Å². The van der Waals surface area contributed by atoms with E-state index in [0.29, 0.717) is 5.56 Å². The van der Waals surface area contributed by atoms with Crippen LogP contribution >= 0.6 is 12.2 Å². The van der Waals surface area contributed by atoms with Gasteiger partial charge in [0.05, 0.1) is 17.6 Å². The quantitative estimate of drug-likeness (QED) is 0.344. The normalized spacial score (nSPS) is 10.8. The van der Waals surface area contributed by atoms with E-state index in [0.717, 1.165) is 4.68 Å². The fourth-order valence-electron chi connectivity index (χ4n) is 1.72. The zero-order chi connectivity index (χ0) is 17.7. The molecule has 0 amide bonds. The highest BCUT2D eigenvalue weighted by Crippen LogP contribution is 2.10. The van der Waals surface area contributed by atoms with Gasteiger partial charge in [-0.2, -0.15) is 14.9 Å². The van der Waals surface area contributed by atoms with Gasteiger partial charge in [-0.25, -0.2) is 0 Å². The summed E-state index contributed by atoms with van der Waals surface area (Å²) in [4.78, 5) is 32.8. The molecule has 0 atom stereocenters. The van der Waals surface area contributed by atoms with E-state index in [1.54, 1.807) is 0 Å². The molecule has 124 valence electrons. The number of hydrogen-bond acceptors (Lipinski definition) is 7. The Hall–Kier alpha value is -3.21. The highest BCUT2D eigenvalue weighted by molar-refractivity contribution is 7.71. The summed E-state index contributed by atoms with van der Waals surface area (Å²) in [6.07, 6.45) is 0.988. The summed E-state index contributed by atoms with van der Waals surface area (Å²) in [7, 11) is 0. The largest absolute Gasteiger partial charge is 0.481 e. The van der Waals surface area contributed by atoms with E-state index in [4.69, 9.17) is 17.3 Å². The number of benzene rings is 1. The average molecular weight is 349 g/mol. The molecule has 11 heteroatoms. The van der Waals surface area contributed by atoms with Gasteiger partial charge in [0.2, 0.25) is 4.77 Å². The van der Waals surface area contributed by atoms with Gasteiger partial charge >= 0.3 is 5.97 Å². The second-order valence-corrected chi connectivity index (χ2v) is 4.97. The minimum Gasteiger partial charge on any atom is -0.481 e. The van der Waals surface area contributed by atoms with Crippen LogP contribution in [0.1, 0.15) is 17.7 Å². The molecule has 1 aromatic heterocycles. The monoisotopic (exact) mass is 349 g/mol. The van der Waals surface area contributed by atoms with E-state index in [1.807, 2.05) is 0 Å². The fraction of sp³-hybridized carbons (Fsp3) is 0.154. The van der Waals surface area contributed by atoms with Crippen LogP contribution in [0.3, 0.4) is 0 Å². The molecule has 1 aromatic carbocycles. The predicted octanol–water partition coefficient (Wildman–Crippen LogP) is 1.11. The Morgan fingerprint density at radius 3 is 2.71 bits per heavy atom. The Balaban J connectivity index is 2.29. The number of aryl methyl sites for hydroxylation is 1. The number of aromatic amines is 1. The van der Waals surface area contributed by atoms with Crippen LogP contribution in [-0.2, 0) is 11.2 Å². The number of non-ortho nitro benzene ring substituents is 1. The number of H-pyrrole nitrogens is 1. The summed E-state index contributed by atoms with van der Waals surface area (Å²) < 4.78 is 0.818. The maximum absolute atomic E-state index is 12.2. The number of nitrogens with one attached hydrogen (secondary N) is 1. The molecule has 2 rings (SSSR count). The van der Waals surface area contributed by atoms with Crippen molar-refractivity contribution in [1.29, 1.82) is 0 Å². The third-order valence-electron chi connectivity index (χ3n) is 2.92. The lowest BCUT2D eigenvalue weighted by molar-refractivity contribution is -0.384. The fourth-order valence-corrected chi connectivity index (χ4v) is 1.90. The Bertz CT molecular complexity index is 916. The number of carbonyl (C=O) groups is 1.